The number of hydrogen-bond acceptors (Lipinski definition) is 5. The van der Waals surface area contributed by atoms with Crippen LogP contribution in [0.4, 0.5) is 10.1 Å². The molecule has 0 saturated carbocycles. The highest BCUT2D eigenvalue weighted by molar-refractivity contribution is 7.92. The molecule has 1 saturated heterocycles. The van der Waals surface area contributed by atoms with Crippen LogP contribution in [-0.2, 0) is 14.8 Å². The number of pyridine rings is 1. The van der Waals surface area contributed by atoms with E-state index < -0.39 is 27.3 Å². The first-order chi connectivity index (χ1) is 15.2. The Balaban J connectivity index is 1.68. The molecule has 0 unspecified atom stereocenters. The number of nitrogens with one attached hydrogen (secondary N) is 3. The molecule has 2 aromatic carbocycles. The van der Waals surface area contributed by atoms with Crippen LogP contribution in [0.15, 0.2) is 58.2 Å². The average molecular weight is 459 g/mol. The van der Waals surface area contributed by atoms with E-state index in [1.165, 1.54) is 30.3 Å². The molecule has 10 heteroatoms. The zero-order chi connectivity index (χ0) is 22.9. The predicted molar refractivity (Wildman–Crippen MR) is 118 cm³/mol. The number of halogens is 1. The van der Waals surface area contributed by atoms with Gasteiger partial charge in [0.1, 0.15) is 5.82 Å². The molecule has 32 heavy (non-hydrogen) atoms. The molecule has 2 heterocycles. The minimum Gasteiger partial charge on any atom is -0.376 e. The van der Waals surface area contributed by atoms with Crippen LogP contribution in [0.1, 0.15) is 30.1 Å². The number of carbonyl (C=O) groups excluding carboxylic acids is 1. The lowest BCUT2D eigenvalue weighted by Crippen LogP contribution is -2.41. The zero-order valence-electron chi connectivity index (χ0n) is 17.2. The molecule has 0 bridgehead atoms. The van der Waals surface area contributed by atoms with E-state index >= 15 is 0 Å². The van der Waals surface area contributed by atoms with Gasteiger partial charge in [0, 0.05) is 29.3 Å². The lowest BCUT2D eigenvalue weighted by Gasteiger charge is -2.20. The Hall–Kier alpha value is -3.24. The third-order valence-electron chi connectivity index (χ3n) is 5.35. The number of aromatic amines is 1. The molecule has 1 amide bonds. The van der Waals surface area contributed by atoms with Crippen molar-refractivity contribution in [2.75, 3.05) is 11.3 Å². The highest BCUT2D eigenvalue weighted by Crippen LogP contribution is 2.23. The molecular formula is C22H22FN3O5S. The molecule has 2 atom stereocenters. The van der Waals surface area contributed by atoms with E-state index in [0.717, 1.165) is 31.0 Å². The summed E-state index contributed by atoms with van der Waals surface area (Å²) in [6.45, 7) is 2.47. The van der Waals surface area contributed by atoms with Crippen molar-refractivity contribution in [2.45, 2.75) is 36.8 Å². The second kappa shape index (κ2) is 8.71. The van der Waals surface area contributed by atoms with Gasteiger partial charge >= 0.3 is 0 Å². The Morgan fingerprint density at radius 2 is 1.94 bits per heavy atom. The average Bonchev–Trinajstić information content (AvgIpc) is 3.29. The summed E-state index contributed by atoms with van der Waals surface area (Å²) in [4.78, 5) is 27.5. The van der Waals surface area contributed by atoms with Gasteiger partial charge in [0.25, 0.3) is 15.9 Å². The van der Waals surface area contributed by atoms with Crippen molar-refractivity contribution in [3.8, 4) is 0 Å². The fourth-order valence-corrected chi connectivity index (χ4v) is 4.78. The quantitative estimate of drug-likeness (QED) is 0.524. The number of carbonyl (C=O) groups is 1. The van der Waals surface area contributed by atoms with Crippen molar-refractivity contribution < 1.29 is 22.3 Å². The molecule has 8 nitrogen and oxygen atoms in total. The van der Waals surface area contributed by atoms with E-state index in [1.807, 2.05) is 6.92 Å². The predicted octanol–water partition coefficient (Wildman–Crippen LogP) is 2.77. The van der Waals surface area contributed by atoms with Crippen LogP contribution in [0.25, 0.3) is 10.9 Å². The molecule has 0 aliphatic carbocycles. The topological polar surface area (TPSA) is 117 Å². The molecule has 168 valence electrons. The van der Waals surface area contributed by atoms with Gasteiger partial charge in [-0.25, -0.2) is 12.8 Å². The highest BCUT2D eigenvalue weighted by Gasteiger charge is 2.25. The van der Waals surface area contributed by atoms with Crippen LogP contribution < -0.4 is 15.6 Å². The van der Waals surface area contributed by atoms with Gasteiger partial charge in [0.05, 0.1) is 22.6 Å². The van der Waals surface area contributed by atoms with Crippen LogP contribution in [0.2, 0.25) is 0 Å². The summed E-state index contributed by atoms with van der Waals surface area (Å²) >= 11 is 0. The fraction of sp³-hybridized carbons (Fsp3) is 0.273. The molecule has 3 aromatic rings. The van der Waals surface area contributed by atoms with Crippen molar-refractivity contribution in [3.63, 3.8) is 0 Å². The second-order valence-corrected chi connectivity index (χ2v) is 9.36. The first-order valence-corrected chi connectivity index (χ1v) is 11.6. The van der Waals surface area contributed by atoms with E-state index in [2.05, 4.69) is 15.0 Å². The Kier molecular flexibility index (Phi) is 5.98. The number of fused-ring (bicyclic) bond motifs is 1. The van der Waals surface area contributed by atoms with Gasteiger partial charge in [-0.05, 0) is 62.2 Å². The number of anilines is 1. The molecule has 1 aliphatic heterocycles. The molecule has 1 aromatic heterocycles. The number of amides is 1. The summed E-state index contributed by atoms with van der Waals surface area (Å²) in [5.41, 5.74) is 0.101. The summed E-state index contributed by atoms with van der Waals surface area (Å²) in [7, 11) is -4.02. The molecule has 3 N–H and O–H groups in total. The van der Waals surface area contributed by atoms with Crippen LogP contribution in [0, 0.1) is 5.82 Å². The Morgan fingerprint density at radius 3 is 2.62 bits per heavy atom. The SMILES string of the molecule is C[C@@H](NC(=O)c1cc(=O)[nH]c2ccc(S(=O)(=O)Nc3ccc(F)cc3)cc12)[C@H]1CCCO1. The number of hydrogen-bond donors (Lipinski definition) is 3. The summed E-state index contributed by atoms with van der Waals surface area (Å²) in [6, 6.07) is 9.82. The third-order valence-corrected chi connectivity index (χ3v) is 6.73. The van der Waals surface area contributed by atoms with E-state index in [0.29, 0.717) is 12.1 Å². The molecular weight excluding hydrogens is 437 g/mol. The first kappa shape index (κ1) is 22.0. The molecule has 4 rings (SSSR count). The monoisotopic (exact) mass is 459 g/mol. The summed E-state index contributed by atoms with van der Waals surface area (Å²) in [5, 5.41) is 3.12. The number of benzene rings is 2. The van der Waals surface area contributed by atoms with Crippen molar-refractivity contribution in [1.82, 2.24) is 10.3 Å². The highest BCUT2D eigenvalue weighted by atomic mass is 32.2. The van der Waals surface area contributed by atoms with E-state index in [4.69, 9.17) is 4.74 Å². The van der Waals surface area contributed by atoms with Gasteiger partial charge in [-0.1, -0.05) is 0 Å². The largest absolute Gasteiger partial charge is 0.376 e. The summed E-state index contributed by atoms with van der Waals surface area (Å²) in [5.74, 6) is -0.986. The maximum absolute atomic E-state index is 13.1. The van der Waals surface area contributed by atoms with Crippen molar-refractivity contribution in [1.29, 1.82) is 0 Å². The minimum absolute atomic E-state index is 0.0624. The normalized spacial score (nSPS) is 17.2. The lowest BCUT2D eigenvalue weighted by molar-refractivity contribution is 0.0713. The van der Waals surface area contributed by atoms with Crippen molar-refractivity contribution >= 4 is 32.5 Å². The van der Waals surface area contributed by atoms with Crippen molar-refractivity contribution in [3.05, 3.63) is 70.3 Å². The van der Waals surface area contributed by atoms with E-state index in [-0.39, 0.29) is 33.7 Å². The third kappa shape index (κ3) is 4.66. The molecule has 0 spiro atoms. The maximum Gasteiger partial charge on any atom is 0.261 e. The Labute approximate surface area is 183 Å². The fourth-order valence-electron chi connectivity index (χ4n) is 3.69. The Bertz CT molecular complexity index is 1320. The summed E-state index contributed by atoms with van der Waals surface area (Å²) < 4.78 is 46.7. The first-order valence-electron chi connectivity index (χ1n) is 10.1. The number of rotatable bonds is 6. The summed E-state index contributed by atoms with van der Waals surface area (Å²) in [6.07, 6.45) is 1.64. The van der Waals surface area contributed by atoms with Gasteiger partial charge in [0.15, 0.2) is 0 Å². The minimum atomic E-state index is -4.02. The number of H-pyrrole nitrogens is 1. The standard InChI is InChI=1S/C22H22FN3O5S/c1-13(20-3-2-10-31-20)24-22(28)18-12-21(27)25-19-9-8-16(11-17(18)19)32(29,30)26-15-6-4-14(23)5-7-15/h4-9,11-13,20,26H,2-3,10H2,1H3,(H,24,28)(H,25,27)/t13-,20-/m1/s1. The van der Waals surface area contributed by atoms with Gasteiger partial charge in [-0.2, -0.15) is 0 Å². The van der Waals surface area contributed by atoms with Crippen LogP contribution >= 0.6 is 0 Å². The van der Waals surface area contributed by atoms with Crippen molar-refractivity contribution in [2.24, 2.45) is 0 Å². The number of ether oxygens (including phenoxy) is 1. The Morgan fingerprint density at radius 1 is 1.19 bits per heavy atom. The van der Waals surface area contributed by atoms with Crippen LogP contribution in [0.3, 0.4) is 0 Å². The number of sulfonamides is 1. The van der Waals surface area contributed by atoms with E-state index in [1.54, 1.807) is 0 Å². The van der Waals surface area contributed by atoms with Gasteiger partial charge in [0.2, 0.25) is 5.56 Å². The molecule has 1 fully saturated rings. The second-order valence-electron chi connectivity index (χ2n) is 7.68. The number of aromatic nitrogens is 1. The molecule has 1 aliphatic rings. The van der Waals surface area contributed by atoms with E-state index in [9.17, 15) is 22.4 Å². The van der Waals surface area contributed by atoms with Gasteiger partial charge in [-0.15, -0.1) is 0 Å². The van der Waals surface area contributed by atoms with Crippen LogP contribution in [-0.4, -0.2) is 38.1 Å². The van der Waals surface area contributed by atoms with Crippen LogP contribution in [0.5, 0.6) is 0 Å². The maximum atomic E-state index is 13.1. The molecule has 0 radical (unpaired) electrons. The lowest BCUT2D eigenvalue weighted by atomic mass is 10.1. The smallest absolute Gasteiger partial charge is 0.261 e. The zero-order valence-corrected chi connectivity index (χ0v) is 18.0. The van der Waals surface area contributed by atoms with Gasteiger partial charge in [-0.3, -0.25) is 14.3 Å². The van der Waals surface area contributed by atoms with Gasteiger partial charge < -0.3 is 15.0 Å².